The molecule has 0 saturated carbocycles. The third kappa shape index (κ3) is 3.63. The van der Waals surface area contributed by atoms with Crippen LogP contribution in [-0.2, 0) is 17.6 Å². The third-order valence-corrected chi connectivity index (χ3v) is 5.04. The maximum absolute atomic E-state index is 12.8. The molecule has 0 aliphatic carbocycles. The van der Waals surface area contributed by atoms with Gasteiger partial charge < -0.3 is 20.7 Å². The number of anilines is 1. The topological polar surface area (TPSA) is 77.2 Å². The number of amides is 1. The summed E-state index contributed by atoms with van der Waals surface area (Å²) in [5.41, 5.74) is 4.39. The van der Waals surface area contributed by atoms with Crippen LogP contribution in [-0.4, -0.2) is 34.7 Å². The number of rotatable bonds is 5. The van der Waals surface area contributed by atoms with Crippen LogP contribution in [0.4, 0.5) is 5.69 Å². The van der Waals surface area contributed by atoms with Crippen LogP contribution < -0.4 is 10.6 Å². The van der Waals surface area contributed by atoms with Crippen molar-refractivity contribution >= 4 is 22.5 Å². The number of allylic oxidation sites excluding steroid dienone is 2. The van der Waals surface area contributed by atoms with E-state index in [-0.39, 0.29) is 30.5 Å². The second-order valence-electron chi connectivity index (χ2n) is 7.38. The van der Waals surface area contributed by atoms with E-state index in [2.05, 4.69) is 46.8 Å². The van der Waals surface area contributed by atoms with E-state index >= 15 is 0 Å². The summed E-state index contributed by atoms with van der Waals surface area (Å²) in [5.74, 6) is 0.0735. The lowest BCUT2D eigenvalue weighted by Crippen LogP contribution is -2.48. The predicted molar refractivity (Wildman–Crippen MR) is 106 cm³/mol. The van der Waals surface area contributed by atoms with Gasteiger partial charge in [0, 0.05) is 22.8 Å². The lowest BCUT2D eigenvalue weighted by Gasteiger charge is -2.25. The molecule has 0 spiro atoms. The van der Waals surface area contributed by atoms with E-state index in [0.717, 1.165) is 35.0 Å². The molecule has 2 heterocycles. The quantitative estimate of drug-likeness (QED) is 0.622. The summed E-state index contributed by atoms with van der Waals surface area (Å²) in [7, 11) is 0. The van der Waals surface area contributed by atoms with Crippen molar-refractivity contribution in [2.75, 3.05) is 11.9 Å². The fourth-order valence-electron chi connectivity index (χ4n) is 3.62. The van der Waals surface area contributed by atoms with E-state index in [1.807, 2.05) is 20.0 Å². The monoisotopic (exact) mass is 355 g/mol. The highest BCUT2D eigenvalue weighted by molar-refractivity contribution is 5.99. The zero-order valence-corrected chi connectivity index (χ0v) is 15.8. The molecule has 0 radical (unpaired) electrons. The molecule has 3 rings (SSSR count). The van der Waals surface area contributed by atoms with E-state index in [4.69, 9.17) is 0 Å². The van der Waals surface area contributed by atoms with Gasteiger partial charge in [-0.3, -0.25) is 4.79 Å². The first kappa shape index (κ1) is 18.5. The maximum Gasteiger partial charge on any atom is 0.243 e. The van der Waals surface area contributed by atoms with Crippen molar-refractivity contribution in [2.45, 2.75) is 52.1 Å². The van der Waals surface area contributed by atoms with Crippen molar-refractivity contribution in [2.24, 2.45) is 5.92 Å². The van der Waals surface area contributed by atoms with Gasteiger partial charge in [-0.1, -0.05) is 39.0 Å². The Hall–Kier alpha value is -2.27. The molecule has 26 heavy (non-hydrogen) atoms. The minimum Gasteiger partial charge on any atom is -0.394 e. The number of aliphatic hydroxyl groups excluding tert-OH is 1. The first-order valence-corrected chi connectivity index (χ1v) is 9.49. The van der Waals surface area contributed by atoms with Crippen molar-refractivity contribution in [3.8, 4) is 0 Å². The third-order valence-electron chi connectivity index (χ3n) is 5.04. The number of nitrogens with one attached hydrogen (secondary N) is 3. The summed E-state index contributed by atoms with van der Waals surface area (Å²) in [4.78, 5) is 16.1. The number of benzene rings is 1. The summed E-state index contributed by atoms with van der Waals surface area (Å²) in [6.07, 6.45) is 8.78. The molecule has 1 aliphatic rings. The normalized spacial score (nSPS) is 20.7. The van der Waals surface area contributed by atoms with Crippen molar-refractivity contribution in [1.82, 2.24) is 10.3 Å². The van der Waals surface area contributed by atoms with Crippen molar-refractivity contribution < 1.29 is 9.90 Å². The highest BCUT2D eigenvalue weighted by Crippen LogP contribution is 2.33. The van der Waals surface area contributed by atoms with Crippen molar-refractivity contribution in [3.63, 3.8) is 0 Å². The van der Waals surface area contributed by atoms with Gasteiger partial charge >= 0.3 is 0 Å². The Morgan fingerprint density at radius 2 is 2.08 bits per heavy atom. The molecule has 4 N–H and O–H groups in total. The number of hydrogen-bond donors (Lipinski definition) is 4. The average Bonchev–Trinajstić information content (AvgIpc) is 3.03. The minimum atomic E-state index is -0.343. The Morgan fingerprint density at radius 1 is 1.27 bits per heavy atom. The maximum atomic E-state index is 12.8. The number of H-pyrrole nitrogens is 1. The highest BCUT2D eigenvalue weighted by atomic mass is 16.3. The summed E-state index contributed by atoms with van der Waals surface area (Å²) in [5, 5.41) is 17.4. The van der Waals surface area contributed by atoms with Crippen LogP contribution in [0.15, 0.2) is 30.5 Å². The second kappa shape index (κ2) is 7.96. The smallest absolute Gasteiger partial charge is 0.243 e. The Kier molecular flexibility index (Phi) is 5.67. The van der Waals surface area contributed by atoms with Gasteiger partial charge in [0.2, 0.25) is 5.91 Å². The molecule has 5 heteroatoms. The van der Waals surface area contributed by atoms with Crippen molar-refractivity contribution in [1.29, 1.82) is 0 Å². The molecule has 1 amide bonds. The molecule has 0 fully saturated rings. The average molecular weight is 355 g/mol. The number of hydrogen-bond acceptors (Lipinski definition) is 3. The second-order valence-corrected chi connectivity index (χ2v) is 7.38. The molecule has 1 aromatic carbocycles. The number of carbonyl (C=O) groups is 1. The lowest BCUT2D eigenvalue weighted by molar-refractivity contribution is -0.123. The number of aliphatic hydroxyl groups is 1. The molecule has 2 atom stereocenters. The van der Waals surface area contributed by atoms with Gasteiger partial charge in [-0.2, -0.15) is 0 Å². The number of aromatic amines is 1. The first-order chi connectivity index (χ1) is 12.5. The van der Waals surface area contributed by atoms with Crippen LogP contribution in [0.3, 0.4) is 0 Å². The molecule has 140 valence electrons. The SMILES string of the molecule is CC/C=C/Cc1ccc2[nH]cc3c2c1N[C@@H](C(C)C)C(=O)N[C@H](CO)C3. The summed E-state index contributed by atoms with van der Waals surface area (Å²) < 4.78 is 0. The molecule has 5 nitrogen and oxygen atoms in total. The molecule has 1 aromatic heterocycles. The molecular formula is C21H29N3O2. The standard InChI is InChI=1S/C21H29N3O2/c1-4-5-6-7-14-8-9-17-18-15(11-22-17)10-16(12-25)23-21(26)19(13(2)3)24-20(14)18/h5-6,8-9,11,13,16,19,22,24-25H,4,7,10,12H2,1-3H3,(H,23,26)/b6-5+/t16-,19-/m0/s1. The molecule has 0 saturated heterocycles. The van der Waals surface area contributed by atoms with Gasteiger partial charge in [0.25, 0.3) is 0 Å². The molecule has 2 aromatic rings. The molecule has 0 unspecified atom stereocenters. The van der Waals surface area contributed by atoms with Crippen LogP contribution in [0.5, 0.6) is 0 Å². The van der Waals surface area contributed by atoms with E-state index in [0.29, 0.717) is 6.42 Å². The summed E-state index contributed by atoms with van der Waals surface area (Å²) >= 11 is 0. The lowest BCUT2D eigenvalue weighted by atomic mass is 9.98. The molecule has 1 aliphatic heterocycles. The van der Waals surface area contributed by atoms with Gasteiger partial charge in [-0.05, 0) is 42.4 Å². The fourth-order valence-corrected chi connectivity index (χ4v) is 3.62. The minimum absolute atomic E-state index is 0.0553. The van der Waals surface area contributed by atoms with Crippen LogP contribution in [0, 0.1) is 5.92 Å². The van der Waals surface area contributed by atoms with Crippen LogP contribution >= 0.6 is 0 Å². The molecular weight excluding hydrogens is 326 g/mol. The van der Waals surface area contributed by atoms with Crippen LogP contribution in [0.25, 0.3) is 10.9 Å². The Bertz CT molecular complexity index is 807. The van der Waals surface area contributed by atoms with Gasteiger partial charge in [0.05, 0.1) is 12.6 Å². The van der Waals surface area contributed by atoms with Gasteiger partial charge in [0.1, 0.15) is 6.04 Å². The predicted octanol–water partition coefficient (Wildman–Crippen LogP) is 3.15. The summed E-state index contributed by atoms with van der Waals surface area (Å²) in [6.45, 7) is 6.13. The van der Waals surface area contributed by atoms with E-state index in [9.17, 15) is 9.90 Å². The number of aromatic nitrogens is 1. The number of carbonyl (C=O) groups excluding carboxylic acids is 1. The first-order valence-electron chi connectivity index (χ1n) is 9.49. The molecule has 0 bridgehead atoms. The van der Waals surface area contributed by atoms with Gasteiger partial charge in [-0.15, -0.1) is 0 Å². The highest BCUT2D eigenvalue weighted by Gasteiger charge is 2.28. The largest absolute Gasteiger partial charge is 0.394 e. The Labute approximate surface area is 154 Å². The fraction of sp³-hybridized carbons (Fsp3) is 0.476. The van der Waals surface area contributed by atoms with E-state index in [1.165, 1.54) is 5.56 Å². The van der Waals surface area contributed by atoms with E-state index < -0.39 is 0 Å². The van der Waals surface area contributed by atoms with Crippen molar-refractivity contribution in [3.05, 3.63) is 41.6 Å². The Morgan fingerprint density at radius 3 is 2.77 bits per heavy atom. The van der Waals surface area contributed by atoms with Gasteiger partial charge in [0.15, 0.2) is 0 Å². The van der Waals surface area contributed by atoms with Crippen LogP contribution in [0.1, 0.15) is 38.3 Å². The van der Waals surface area contributed by atoms with E-state index in [1.54, 1.807) is 0 Å². The van der Waals surface area contributed by atoms with Gasteiger partial charge in [-0.25, -0.2) is 0 Å². The Balaban J connectivity index is 2.15. The van der Waals surface area contributed by atoms with Crippen LogP contribution in [0.2, 0.25) is 0 Å². The summed E-state index contributed by atoms with van der Waals surface area (Å²) in [6, 6.07) is 3.61. The zero-order chi connectivity index (χ0) is 18.7. The zero-order valence-electron chi connectivity index (χ0n) is 15.8.